The summed E-state index contributed by atoms with van der Waals surface area (Å²) in [5.41, 5.74) is 3.35. The van der Waals surface area contributed by atoms with Crippen LogP contribution in [0.3, 0.4) is 0 Å². The summed E-state index contributed by atoms with van der Waals surface area (Å²) in [5, 5.41) is 17.7. The van der Waals surface area contributed by atoms with Crippen LogP contribution in [0, 0.1) is 12.7 Å². The first kappa shape index (κ1) is 27.5. The lowest BCUT2D eigenvalue weighted by Gasteiger charge is -2.34. The van der Waals surface area contributed by atoms with Crippen molar-refractivity contribution in [1.82, 2.24) is 29.2 Å². The van der Waals surface area contributed by atoms with Crippen LogP contribution in [0.4, 0.5) is 10.3 Å². The number of nitrogens with zero attached hydrogens (tertiary/aromatic N) is 6. The average molecular weight is 560 g/mol. The number of aliphatic hydroxyl groups is 1. The van der Waals surface area contributed by atoms with E-state index in [0.29, 0.717) is 36.0 Å². The summed E-state index contributed by atoms with van der Waals surface area (Å²) in [6, 6.07) is 7.96. The number of halogens is 1. The van der Waals surface area contributed by atoms with Gasteiger partial charge in [-0.05, 0) is 102 Å². The molecule has 1 aromatic carbocycles. The summed E-state index contributed by atoms with van der Waals surface area (Å²) in [6.45, 7) is 5.75. The van der Waals surface area contributed by atoms with E-state index in [-0.39, 0.29) is 17.3 Å². The van der Waals surface area contributed by atoms with Crippen LogP contribution in [0.25, 0.3) is 22.3 Å². The fourth-order valence-electron chi connectivity index (χ4n) is 6.38. The maximum atomic E-state index is 15.7. The molecule has 41 heavy (non-hydrogen) atoms. The molecule has 2 fully saturated rings. The number of piperidine rings is 1. The Morgan fingerprint density at radius 2 is 1.83 bits per heavy atom. The molecular weight excluding hydrogens is 521 g/mol. The molecule has 0 radical (unpaired) electrons. The number of carbonyl (C=O) groups excluding carboxylic acids is 1. The second-order valence-corrected chi connectivity index (χ2v) is 12.2. The van der Waals surface area contributed by atoms with Crippen LogP contribution in [-0.2, 0) is 7.05 Å². The number of aromatic nitrogens is 5. The van der Waals surface area contributed by atoms with Crippen LogP contribution < -0.4 is 5.32 Å². The van der Waals surface area contributed by atoms with Crippen LogP contribution in [0.2, 0.25) is 0 Å². The normalized spacial score (nSPS) is 22.3. The number of imidazole rings is 1. The van der Waals surface area contributed by atoms with E-state index >= 15 is 4.39 Å². The van der Waals surface area contributed by atoms with Crippen molar-refractivity contribution in [2.45, 2.75) is 69.9 Å². The molecule has 216 valence electrons. The molecule has 1 aliphatic carbocycles. The topological polar surface area (TPSA) is 101 Å². The Hall–Kier alpha value is -3.63. The lowest BCUT2D eigenvalue weighted by Crippen LogP contribution is -2.32. The van der Waals surface area contributed by atoms with Crippen LogP contribution in [-0.4, -0.2) is 66.0 Å². The van der Waals surface area contributed by atoms with Gasteiger partial charge in [0.05, 0.1) is 28.4 Å². The number of nitrogens with one attached hydrogen (secondary N) is 1. The van der Waals surface area contributed by atoms with Crippen molar-refractivity contribution in [3.05, 3.63) is 59.3 Å². The number of hydrogen-bond acceptors (Lipinski definition) is 6. The van der Waals surface area contributed by atoms with E-state index in [1.165, 1.54) is 17.8 Å². The van der Waals surface area contributed by atoms with E-state index in [9.17, 15) is 9.90 Å². The monoisotopic (exact) mass is 559 g/mol. The quantitative estimate of drug-likeness (QED) is 0.348. The summed E-state index contributed by atoms with van der Waals surface area (Å²) >= 11 is 0. The first-order valence-electron chi connectivity index (χ1n) is 14.5. The van der Waals surface area contributed by atoms with Gasteiger partial charge in [-0.2, -0.15) is 5.10 Å². The third kappa shape index (κ3) is 5.50. The summed E-state index contributed by atoms with van der Waals surface area (Å²) in [7, 11) is 3.91. The summed E-state index contributed by atoms with van der Waals surface area (Å²) in [5.74, 6) is -0.396. The van der Waals surface area contributed by atoms with Gasteiger partial charge >= 0.3 is 0 Å². The minimum Gasteiger partial charge on any atom is -0.390 e. The molecule has 10 heteroatoms. The van der Waals surface area contributed by atoms with Crippen molar-refractivity contribution >= 4 is 22.9 Å². The van der Waals surface area contributed by atoms with Gasteiger partial charge in [0.2, 0.25) is 5.95 Å². The van der Waals surface area contributed by atoms with Crippen molar-refractivity contribution in [1.29, 1.82) is 0 Å². The van der Waals surface area contributed by atoms with Crippen LogP contribution in [0.5, 0.6) is 0 Å². The third-order valence-electron chi connectivity index (χ3n) is 8.83. The van der Waals surface area contributed by atoms with Gasteiger partial charge in [-0.15, -0.1) is 0 Å². The highest BCUT2D eigenvalue weighted by molar-refractivity contribution is 6.05. The smallest absolute Gasteiger partial charge is 0.261 e. The van der Waals surface area contributed by atoms with Crippen molar-refractivity contribution in [3.8, 4) is 11.3 Å². The first-order valence-corrected chi connectivity index (χ1v) is 14.5. The molecule has 0 unspecified atom stereocenters. The van der Waals surface area contributed by atoms with Crippen LogP contribution >= 0.6 is 0 Å². The van der Waals surface area contributed by atoms with E-state index in [1.54, 1.807) is 24.9 Å². The molecule has 0 atom stereocenters. The lowest BCUT2D eigenvalue weighted by molar-refractivity contribution is 0.0106. The highest BCUT2D eigenvalue weighted by Crippen LogP contribution is 2.39. The Labute approximate surface area is 239 Å². The van der Waals surface area contributed by atoms with Crippen molar-refractivity contribution in [2.75, 3.05) is 25.5 Å². The average Bonchev–Trinajstić information content (AvgIpc) is 3.53. The predicted molar refractivity (Wildman–Crippen MR) is 156 cm³/mol. The van der Waals surface area contributed by atoms with Gasteiger partial charge in [0.1, 0.15) is 5.69 Å². The second-order valence-electron chi connectivity index (χ2n) is 12.2. The van der Waals surface area contributed by atoms with Gasteiger partial charge in [0, 0.05) is 30.5 Å². The minimum absolute atomic E-state index is 0.0553. The number of pyridine rings is 1. The van der Waals surface area contributed by atoms with Gasteiger partial charge in [-0.1, -0.05) is 6.07 Å². The molecule has 4 aromatic rings. The zero-order chi connectivity index (χ0) is 28.9. The van der Waals surface area contributed by atoms with Crippen molar-refractivity contribution < 1.29 is 14.3 Å². The first-order chi connectivity index (χ1) is 19.6. The summed E-state index contributed by atoms with van der Waals surface area (Å²) in [6.07, 6.45) is 8.24. The predicted octanol–water partition coefficient (Wildman–Crippen LogP) is 5.21. The highest BCUT2D eigenvalue weighted by atomic mass is 19.1. The molecule has 1 aliphatic heterocycles. The number of benzene rings is 1. The fraction of sp³-hybridized carbons (Fsp3) is 0.484. The number of fused-ring (bicyclic) bond motifs is 1. The Balaban J connectivity index is 1.37. The molecule has 1 amide bonds. The lowest BCUT2D eigenvalue weighted by atomic mass is 9.83. The fourth-order valence-corrected chi connectivity index (χ4v) is 6.38. The molecule has 2 N–H and O–H groups in total. The number of rotatable bonds is 5. The Kier molecular flexibility index (Phi) is 7.15. The highest BCUT2D eigenvalue weighted by Gasteiger charge is 2.32. The number of amides is 1. The molecule has 1 saturated heterocycles. The Morgan fingerprint density at radius 1 is 1.10 bits per heavy atom. The van der Waals surface area contributed by atoms with E-state index in [0.717, 1.165) is 49.8 Å². The van der Waals surface area contributed by atoms with Gasteiger partial charge in [-0.3, -0.25) is 14.8 Å². The number of aryl methyl sites for hydroxylation is 2. The van der Waals surface area contributed by atoms with Gasteiger partial charge in [0.15, 0.2) is 5.82 Å². The largest absolute Gasteiger partial charge is 0.390 e. The molecule has 0 bridgehead atoms. The van der Waals surface area contributed by atoms with E-state index < -0.39 is 17.3 Å². The zero-order valence-corrected chi connectivity index (χ0v) is 24.2. The third-order valence-corrected chi connectivity index (χ3v) is 8.83. The van der Waals surface area contributed by atoms with Crippen LogP contribution in [0.1, 0.15) is 79.0 Å². The molecular formula is C31H38FN7O2. The maximum absolute atomic E-state index is 15.7. The van der Waals surface area contributed by atoms with E-state index in [4.69, 9.17) is 4.98 Å². The zero-order valence-electron chi connectivity index (χ0n) is 24.2. The molecule has 2 aliphatic rings. The van der Waals surface area contributed by atoms with Gasteiger partial charge in [0.25, 0.3) is 5.91 Å². The molecule has 0 spiro atoms. The van der Waals surface area contributed by atoms with Crippen molar-refractivity contribution in [2.24, 2.45) is 7.05 Å². The number of anilines is 1. The SMILES string of the molecule is Cc1cc(C(=O)Nc2nc3cc(C4CCN(C)CC4)ccc3n2[C@H]2CC[C@@](C)(O)CC2)c(F)c(-c2cnn(C)c2)n1. The molecule has 1 saturated carbocycles. The van der Waals surface area contributed by atoms with Crippen molar-refractivity contribution in [3.63, 3.8) is 0 Å². The second kappa shape index (κ2) is 10.6. The maximum Gasteiger partial charge on any atom is 0.261 e. The number of hydrogen-bond donors (Lipinski definition) is 2. The van der Waals surface area contributed by atoms with E-state index in [2.05, 4.69) is 50.1 Å². The molecule has 9 nitrogen and oxygen atoms in total. The Morgan fingerprint density at radius 3 is 2.51 bits per heavy atom. The number of likely N-dealkylation sites (tertiary alicyclic amines) is 1. The van der Waals surface area contributed by atoms with Crippen LogP contribution in [0.15, 0.2) is 36.7 Å². The molecule has 3 aromatic heterocycles. The standard InChI is InChI=1S/C31H38FN7O2/c1-19-15-24(27(32)28(34-19)22-17-33-38(4)18-22)29(40)36-30-35-25-16-21(20-9-13-37(3)14-10-20)5-6-26(25)39(30)23-7-11-31(2,41)12-8-23/h5-6,15-18,20,23,41H,7-14H2,1-4H3,(H,35,36,40)/t23-,31+. The van der Waals surface area contributed by atoms with Gasteiger partial charge in [-0.25, -0.2) is 14.4 Å². The summed E-state index contributed by atoms with van der Waals surface area (Å²) in [4.78, 5) is 25.2. The number of carbonyl (C=O) groups is 1. The molecule has 6 rings (SSSR count). The molecule has 4 heterocycles. The minimum atomic E-state index is -0.696. The Bertz CT molecular complexity index is 1590. The van der Waals surface area contributed by atoms with Gasteiger partial charge < -0.3 is 14.6 Å². The summed E-state index contributed by atoms with van der Waals surface area (Å²) < 4.78 is 19.4. The van der Waals surface area contributed by atoms with E-state index in [1.807, 2.05) is 6.92 Å².